The maximum Gasteiger partial charge on any atom is 0.164 e. The summed E-state index contributed by atoms with van der Waals surface area (Å²) in [5.74, 6) is 1.87. The standard InChI is InChI=1S/C55H37N3/c1-4-15-38(16-5-1)41-29-31-43(32-30-41)53-56-54(47-25-12-23-44(35-47)39-17-6-2-7-18-39)58-55(57-53)48-26-13-24-46(36-48)50-34-33-45(40-19-8-3-9-20-40)37-52(50)51-28-14-22-42-21-10-11-27-49(42)51/h1-37H. The van der Waals surface area contributed by atoms with E-state index in [9.17, 15) is 0 Å². The Morgan fingerprint density at radius 1 is 0.207 bits per heavy atom. The first kappa shape index (κ1) is 34.7. The number of fused-ring (bicyclic) bond motifs is 1. The monoisotopic (exact) mass is 739 g/mol. The van der Waals surface area contributed by atoms with E-state index < -0.39 is 0 Å². The van der Waals surface area contributed by atoms with Gasteiger partial charge in [-0.05, 0) is 84.6 Å². The molecular weight excluding hydrogens is 703 g/mol. The molecule has 1 heterocycles. The summed E-state index contributed by atoms with van der Waals surface area (Å²) in [5, 5.41) is 2.43. The molecule has 58 heavy (non-hydrogen) atoms. The second-order valence-electron chi connectivity index (χ2n) is 14.4. The second-order valence-corrected chi connectivity index (χ2v) is 14.4. The number of aromatic nitrogens is 3. The van der Waals surface area contributed by atoms with Crippen molar-refractivity contribution in [2.24, 2.45) is 0 Å². The van der Waals surface area contributed by atoms with Crippen LogP contribution in [0.15, 0.2) is 224 Å². The molecule has 272 valence electrons. The zero-order valence-corrected chi connectivity index (χ0v) is 31.7. The van der Waals surface area contributed by atoms with Gasteiger partial charge in [-0.1, -0.05) is 206 Å². The molecular formula is C55H37N3. The Balaban J connectivity index is 1.12. The lowest BCUT2D eigenvalue weighted by Crippen LogP contribution is -2.00. The summed E-state index contributed by atoms with van der Waals surface area (Å²) in [6, 6.07) is 79.0. The molecule has 0 radical (unpaired) electrons. The van der Waals surface area contributed by atoms with Crippen molar-refractivity contribution < 1.29 is 0 Å². The fraction of sp³-hybridized carbons (Fsp3) is 0. The first-order valence-electron chi connectivity index (χ1n) is 19.6. The largest absolute Gasteiger partial charge is 0.208 e. The maximum atomic E-state index is 5.19. The lowest BCUT2D eigenvalue weighted by Gasteiger charge is -2.16. The van der Waals surface area contributed by atoms with Crippen molar-refractivity contribution in [2.45, 2.75) is 0 Å². The molecule has 10 aromatic rings. The summed E-state index contributed by atoms with van der Waals surface area (Å²) in [5.41, 5.74) is 14.3. The molecule has 0 bridgehead atoms. The van der Waals surface area contributed by atoms with Crippen molar-refractivity contribution in [3.8, 4) is 89.8 Å². The van der Waals surface area contributed by atoms with E-state index in [0.717, 1.165) is 44.5 Å². The third kappa shape index (κ3) is 6.98. The fourth-order valence-electron chi connectivity index (χ4n) is 7.79. The third-order valence-electron chi connectivity index (χ3n) is 10.8. The highest BCUT2D eigenvalue weighted by atomic mass is 15.0. The predicted molar refractivity (Wildman–Crippen MR) is 241 cm³/mol. The maximum absolute atomic E-state index is 5.19. The lowest BCUT2D eigenvalue weighted by atomic mass is 9.88. The van der Waals surface area contributed by atoms with E-state index in [0.29, 0.717) is 17.5 Å². The molecule has 0 aliphatic carbocycles. The molecule has 0 saturated carbocycles. The van der Waals surface area contributed by atoms with Crippen molar-refractivity contribution in [1.82, 2.24) is 15.0 Å². The summed E-state index contributed by atoms with van der Waals surface area (Å²) in [4.78, 5) is 15.5. The molecule has 0 fully saturated rings. The minimum Gasteiger partial charge on any atom is -0.208 e. The van der Waals surface area contributed by atoms with E-state index in [1.165, 1.54) is 38.6 Å². The number of rotatable bonds is 8. The number of hydrogen-bond donors (Lipinski definition) is 0. The number of nitrogens with zero attached hydrogens (tertiary/aromatic N) is 3. The molecule has 0 unspecified atom stereocenters. The van der Waals surface area contributed by atoms with Gasteiger partial charge in [-0.15, -0.1) is 0 Å². The Bertz CT molecular complexity index is 3020. The van der Waals surface area contributed by atoms with Crippen LogP contribution in [0.25, 0.3) is 101 Å². The van der Waals surface area contributed by atoms with Gasteiger partial charge in [-0.3, -0.25) is 0 Å². The quantitative estimate of drug-likeness (QED) is 0.156. The van der Waals surface area contributed by atoms with Gasteiger partial charge in [0, 0.05) is 16.7 Å². The van der Waals surface area contributed by atoms with Gasteiger partial charge in [0.05, 0.1) is 0 Å². The van der Waals surface area contributed by atoms with Crippen molar-refractivity contribution in [2.75, 3.05) is 0 Å². The SMILES string of the molecule is c1ccc(-c2ccc(-c3nc(-c4cccc(-c5ccccc5)c4)nc(-c4cccc(-c5ccc(-c6ccccc6)cc5-c5cccc6ccccc56)c4)n3)cc2)cc1. The third-order valence-corrected chi connectivity index (χ3v) is 10.8. The second kappa shape index (κ2) is 15.4. The Kier molecular flexibility index (Phi) is 9.23. The van der Waals surface area contributed by atoms with Crippen molar-refractivity contribution >= 4 is 10.8 Å². The van der Waals surface area contributed by atoms with E-state index in [1.54, 1.807) is 0 Å². The Morgan fingerprint density at radius 3 is 1.24 bits per heavy atom. The first-order valence-corrected chi connectivity index (χ1v) is 19.6. The van der Waals surface area contributed by atoms with E-state index in [-0.39, 0.29) is 0 Å². The van der Waals surface area contributed by atoms with Crippen molar-refractivity contribution in [3.05, 3.63) is 224 Å². The molecule has 0 N–H and O–H groups in total. The molecule has 3 heteroatoms. The Labute approximate surface area is 338 Å². The van der Waals surface area contributed by atoms with Crippen LogP contribution in [0.4, 0.5) is 0 Å². The lowest BCUT2D eigenvalue weighted by molar-refractivity contribution is 1.07. The van der Waals surface area contributed by atoms with Gasteiger partial charge < -0.3 is 0 Å². The minimum absolute atomic E-state index is 0.617. The van der Waals surface area contributed by atoms with Crippen LogP contribution < -0.4 is 0 Å². The fourth-order valence-corrected chi connectivity index (χ4v) is 7.79. The highest BCUT2D eigenvalue weighted by Crippen LogP contribution is 2.40. The topological polar surface area (TPSA) is 38.7 Å². The molecule has 0 saturated heterocycles. The van der Waals surface area contributed by atoms with E-state index in [4.69, 9.17) is 15.0 Å². The van der Waals surface area contributed by atoms with Crippen LogP contribution in [0.1, 0.15) is 0 Å². The molecule has 0 atom stereocenters. The van der Waals surface area contributed by atoms with Crippen LogP contribution >= 0.6 is 0 Å². The molecule has 1 aromatic heterocycles. The first-order chi connectivity index (χ1) is 28.7. The predicted octanol–water partition coefficient (Wildman–Crippen LogP) is 14.4. The summed E-state index contributed by atoms with van der Waals surface area (Å²) in [6.45, 7) is 0. The summed E-state index contributed by atoms with van der Waals surface area (Å²) in [7, 11) is 0. The highest BCUT2D eigenvalue weighted by molar-refractivity contribution is 6.01. The van der Waals surface area contributed by atoms with Gasteiger partial charge >= 0.3 is 0 Å². The van der Waals surface area contributed by atoms with Crippen molar-refractivity contribution in [1.29, 1.82) is 0 Å². The van der Waals surface area contributed by atoms with Gasteiger partial charge in [0.2, 0.25) is 0 Å². The smallest absolute Gasteiger partial charge is 0.164 e. The summed E-state index contributed by atoms with van der Waals surface area (Å²) >= 11 is 0. The summed E-state index contributed by atoms with van der Waals surface area (Å²) in [6.07, 6.45) is 0. The average Bonchev–Trinajstić information content (AvgIpc) is 3.32. The summed E-state index contributed by atoms with van der Waals surface area (Å²) < 4.78 is 0. The van der Waals surface area contributed by atoms with Crippen LogP contribution in [-0.2, 0) is 0 Å². The molecule has 10 rings (SSSR count). The number of hydrogen-bond acceptors (Lipinski definition) is 3. The molecule has 0 aliphatic rings. The molecule has 0 amide bonds. The highest BCUT2D eigenvalue weighted by Gasteiger charge is 2.17. The average molecular weight is 740 g/mol. The van der Waals surface area contributed by atoms with Gasteiger partial charge in [0.25, 0.3) is 0 Å². The van der Waals surface area contributed by atoms with Crippen LogP contribution in [0, 0.1) is 0 Å². The van der Waals surface area contributed by atoms with Crippen LogP contribution in [0.3, 0.4) is 0 Å². The van der Waals surface area contributed by atoms with E-state index in [2.05, 4.69) is 212 Å². The molecule has 0 aliphatic heterocycles. The van der Waals surface area contributed by atoms with E-state index >= 15 is 0 Å². The normalized spacial score (nSPS) is 11.1. The number of benzene rings is 9. The minimum atomic E-state index is 0.617. The van der Waals surface area contributed by atoms with Crippen LogP contribution in [0.5, 0.6) is 0 Å². The Morgan fingerprint density at radius 2 is 0.603 bits per heavy atom. The van der Waals surface area contributed by atoms with Gasteiger partial charge in [-0.2, -0.15) is 0 Å². The van der Waals surface area contributed by atoms with Gasteiger partial charge in [0.15, 0.2) is 17.5 Å². The van der Waals surface area contributed by atoms with E-state index in [1.807, 2.05) is 12.1 Å². The van der Waals surface area contributed by atoms with Crippen LogP contribution in [0.2, 0.25) is 0 Å². The molecule has 0 spiro atoms. The zero-order valence-electron chi connectivity index (χ0n) is 31.7. The molecule has 9 aromatic carbocycles. The van der Waals surface area contributed by atoms with Gasteiger partial charge in [0.1, 0.15) is 0 Å². The van der Waals surface area contributed by atoms with Gasteiger partial charge in [-0.25, -0.2) is 15.0 Å². The Hall–Kier alpha value is -7.75. The van der Waals surface area contributed by atoms with Crippen molar-refractivity contribution in [3.63, 3.8) is 0 Å². The zero-order chi connectivity index (χ0) is 38.7. The molecule has 3 nitrogen and oxygen atoms in total. The van der Waals surface area contributed by atoms with Crippen LogP contribution in [-0.4, -0.2) is 15.0 Å².